The first-order chi connectivity index (χ1) is 12.6. The fraction of sp³-hybridized carbons (Fsp3) is 0.278. The number of halogens is 1. The van der Waals surface area contributed by atoms with Crippen LogP contribution >= 0.6 is 0 Å². The molecule has 0 radical (unpaired) electrons. The van der Waals surface area contributed by atoms with Crippen LogP contribution < -0.4 is 10.1 Å². The Labute approximate surface area is 149 Å². The van der Waals surface area contributed by atoms with Crippen molar-refractivity contribution in [2.75, 3.05) is 13.7 Å². The summed E-state index contributed by atoms with van der Waals surface area (Å²) in [5, 5.41) is 6.72. The van der Waals surface area contributed by atoms with Gasteiger partial charge in [0, 0.05) is 18.3 Å². The molecule has 1 N–H and O–H groups in total. The normalized spacial score (nSPS) is 10.7. The summed E-state index contributed by atoms with van der Waals surface area (Å²) in [4.78, 5) is 16.2. The Bertz CT molecular complexity index is 903. The predicted octanol–water partition coefficient (Wildman–Crippen LogP) is 2.88. The number of nitrogens with zero attached hydrogens (tertiary/aromatic N) is 3. The molecule has 3 rings (SSSR count). The fourth-order valence-electron chi connectivity index (χ4n) is 2.47. The van der Waals surface area contributed by atoms with E-state index in [-0.39, 0.29) is 29.9 Å². The van der Waals surface area contributed by atoms with Crippen LogP contribution in [0.1, 0.15) is 13.3 Å². The van der Waals surface area contributed by atoms with Crippen LogP contribution in [-0.4, -0.2) is 34.3 Å². The van der Waals surface area contributed by atoms with Crippen molar-refractivity contribution in [3.8, 4) is 28.7 Å². The van der Waals surface area contributed by atoms with Crippen molar-refractivity contribution >= 4 is 5.91 Å². The second-order valence-corrected chi connectivity index (χ2v) is 5.64. The molecule has 0 aliphatic heterocycles. The van der Waals surface area contributed by atoms with Crippen LogP contribution in [0.15, 0.2) is 41.1 Å². The summed E-state index contributed by atoms with van der Waals surface area (Å²) in [6, 6.07) is 8.00. The maximum Gasteiger partial charge on any atom is 0.274 e. The molecule has 2 heterocycles. The maximum atomic E-state index is 13.9. The minimum Gasteiger partial charge on any atom is -0.494 e. The molecule has 1 aromatic carbocycles. The molecule has 0 aliphatic carbocycles. The van der Waals surface area contributed by atoms with Gasteiger partial charge in [0.15, 0.2) is 11.6 Å². The molecular weight excluding hydrogens is 339 g/mol. The molecule has 136 valence electrons. The predicted molar refractivity (Wildman–Crippen MR) is 93.0 cm³/mol. The molecule has 0 unspecified atom stereocenters. The average molecular weight is 358 g/mol. The fourth-order valence-corrected chi connectivity index (χ4v) is 2.47. The lowest BCUT2D eigenvalue weighted by Crippen LogP contribution is -2.28. The molecule has 7 nitrogen and oxygen atoms in total. The molecule has 8 heteroatoms. The molecule has 0 saturated heterocycles. The van der Waals surface area contributed by atoms with Crippen molar-refractivity contribution in [3.05, 3.63) is 42.3 Å². The molecule has 3 aromatic rings. The van der Waals surface area contributed by atoms with Gasteiger partial charge in [-0.2, -0.15) is 4.98 Å². The quantitative estimate of drug-likeness (QED) is 0.702. The average Bonchev–Trinajstić information content (AvgIpc) is 3.29. The van der Waals surface area contributed by atoms with Gasteiger partial charge in [-0.3, -0.25) is 4.79 Å². The topological polar surface area (TPSA) is 82.2 Å². The van der Waals surface area contributed by atoms with Crippen LogP contribution in [0.3, 0.4) is 0 Å². The van der Waals surface area contributed by atoms with E-state index in [1.807, 2.05) is 6.92 Å². The van der Waals surface area contributed by atoms with Gasteiger partial charge in [0.25, 0.3) is 5.89 Å². The molecule has 1 amide bonds. The van der Waals surface area contributed by atoms with E-state index in [0.717, 1.165) is 6.42 Å². The highest BCUT2D eigenvalue weighted by Crippen LogP contribution is 2.26. The van der Waals surface area contributed by atoms with E-state index in [2.05, 4.69) is 15.5 Å². The minimum atomic E-state index is -0.507. The Morgan fingerprint density at radius 3 is 2.96 bits per heavy atom. The molecule has 26 heavy (non-hydrogen) atoms. The van der Waals surface area contributed by atoms with Crippen molar-refractivity contribution in [1.29, 1.82) is 0 Å². The number of benzene rings is 1. The Morgan fingerprint density at radius 1 is 1.38 bits per heavy atom. The summed E-state index contributed by atoms with van der Waals surface area (Å²) in [5.41, 5.74) is 1.08. The highest BCUT2D eigenvalue weighted by molar-refractivity contribution is 5.76. The van der Waals surface area contributed by atoms with Crippen LogP contribution in [0, 0.1) is 5.82 Å². The van der Waals surface area contributed by atoms with E-state index in [9.17, 15) is 9.18 Å². The van der Waals surface area contributed by atoms with Crippen LogP contribution in [0.25, 0.3) is 23.0 Å². The number of hydrogen-bond acceptors (Lipinski definition) is 5. The number of hydrogen-bond donors (Lipinski definition) is 1. The van der Waals surface area contributed by atoms with E-state index in [1.54, 1.807) is 29.0 Å². The van der Waals surface area contributed by atoms with E-state index in [0.29, 0.717) is 17.8 Å². The maximum absolute atomic E-state index is 13.9. The number of carbonyl (C=O) groups is 1. The van der Waals surface area contributed by atoms with Crippen molar-refractivity contribution in [1.82, 2.24) is 20.0 Å². The van der Waals surface area contributed by atoms with Gasteiger partial charge in [0.2, 0.25) is 11.7 Å². The summed E-state index contributed by atoms with van der Waals surface area (Å²) in [5.74, 6) is 0.0484. The largest absolute Gasteiger partial charge is 0.494 e. The van der Waals surface area contributed by atoms with Crippen LogP contribution in [0.5, 0.6) is 5.75 Å². The summed E-state index contributed by atoms with van der Waals surface area (Å²) in [6.07, 6.45) is 2.63. The highest BCUT2D eigenvalue weighted by atomic mass is 19.1. The molecule has 0 fully saturated rings. The van der Waals surface area contributed by atoms with Gasteiger partial charge in [-0.05, 0) is 36.8 Å². The van der Waals surface area contributed by atoms with Crippen molar-refractivity contribution in [3.63, 3.8) is 0 Å². The number of amides is 1. The van der Waals surface area contributed by atoms with Gasteiger partial charge in [-0.1, -0.05) is 12.1 Å². The van der Waals surface area contributed by atoms with Gasteiger partial charge < -0.3 is 19.1 Å². The van der Waals surface area contributed by atoms with Crippen LogP contribution in [-0.2, 0) is 11.3 Å². The SMILES string of the molecule is CCCNC(=O)Cn1cccc1-c1nc(-c2ccc(OC)c(F)c2)no1. The second kappa shape index (κ2) is 7.81. The standard InChI is InChI=1S/C18H19FN4O3/c1-3-8-20-16(24)11-23-9-4-5-14(23)18-21-17(22-26-18)12-6-7-15(25-2)13(19)10-12/h4-7,9-10H,3,8,11H2,1-2H3,(H,20,24). The summed E-state index contributed by atoms with van der Waals surface area (Å²) < 4.78 is 25.8. The van der Waals surface area contributed by atoms with Crippen molar-refractivity contribution in [2.24, 2.45) is 0 Å². The first-order valence-electron chi connectivity index (χ1n) is 8.22. The number of methoxy groups -OCH3 is 1. The number of rotatable bonds is 7. The van der Waals surface area contributed by atoms with Crippen LogP contribution in [0.2, 0.25) is 0 Å². The Morgan fingerprint density at radius 2 is 2.23 bits per heavy atom. The van der Waals surface area contributed by atoms with Gasteiger partial charge in [0.05, 0.1) is 7.11 Å². The number of ether oxygens (including phenoxy) is 1. The number of carbonyl (C=O) groups excluding carboxylic acids is 1. The zero-order valence-corrected chi connectivity index (χ0v) is 14.5. The minimum absolute atomic E-state index is 0.0961. The first-order valence-corrected chi connectivity index (χ1v) is 8.22. The Hall–Kier alpha value is -3.16. The lowest BCUT2D eigenvalue weighted by atomic mass is 10.2. The zero-order valence-electron chi connectivity index (χ0n) is 14.5. The summed E-state index contributed by atoms with van der Waals surface area (Å²) >= 11 is 0. The van der Waals surface area contributed by atoms with Gasteiger partial charge in [-0.15, -0.1) is 0 Å². The lowest BCUT2D eigenvalue weighted by Gasteiger charge is -2.07. The zero-order chi connectivity index (χ0) is 18.5. The molecule has 0 aliphatic rings. The van der Waals surface area contributed by atoms with E-state index in [4.69, 9.17) is 9.26 Å². The molecule has 2 aromatic heterocycles. The number of nitrogens with one attached hydrogen (secondary N) is 1. The third kappa shape index (κ3) is 3.74. The Balaban J connectivity index is 1.81. The summed E-state index contributed by atoms with van der Waals surface area (Å²) in [7, 11) is 1.40. The van der Waals surface area contributed by atoms with E-state index in [1.165, 1.54) is 19.2 Å². The van der Waals surface area contributed by atoms with E-state index < -0.39 is 5.82 Å². The third-order valence-electron chi connectivity index (χ3n) is 3.77. The lowest BCUT2D eigenvalue weighted by molar-refractivity contribution is -0.121. The monoisotopic (exact) mass is 358 g/mol. The smallest absolute Gasteiger partial charge is 0.274 e. The highest BCUT2D eigenvalue weighted by Gasteiger charge is 2.16. The first kappa shape index (κ1) is 17.7. The molecule has 0 atom stereocenters. The van der Waals surface area contributed by atoms with Crippen LogP contribution in [0.4, 0.5) is 4.39 Å². The molecule has 0 bridgehead atoms. The Kier molecular flexibility index (Phi) is 5.31. The molecule has 0 spiro atoms. The molecular formula is C18H19FN4O3. The van der Waals surface area contributed by atoms with Gasteiger partial charge in [-0.25, -0.2) is 4.39 Å². The van der Waals surface area contributed by atoms with Gasteiger partial charge >= 0.3 is 0 Å². The van der Waals surface area contributed by atoms with Gasteiger partial charge in [0.1, 0.15) is 12.2 Å². The second-order valence-electron chi connectivity index (χ2n) is 5.64. The third-order valence-corrected chi connectivity index (χ3v) is 3.77. The summed E-state index contributed by atoms with van der Waals surface area (Å²) in [6.45, 7) is 2.77. The number of aromatic nitrogens is 3. The van der Waals surface area contributed by atoms with E-state index >= 15 is 0 Å². The van der Waals surface area contributed by atoms with Crippen molar-refractivity contribution < 1.29 is 18.4 Å². The van der Waals surface area contributed by atoms with Crippen molar-refractivity contribution in [2.45, 2.75) is 19.9 Å². The molecule has 0 saturated carbocycles.